The van der Waals surface area contributed by atoms with Gasteiger partial charge in [-0.2, -0.15) is 4.98 Å². The summed E-state index contributed by atoms with van der Waals surface area (Å²) in [4.78, 5) is 6.81. The molecule has 0 amide bonds. The van der Waals surface area contributed by atoms with E-state index in [2.05, 4.69) is 21.2 Å². The van der Waals surface area contributed by atoms with Gasteiger partial charge in [0.15, 0.2) is 5.82 Å². The smallest absolute Gasteiger partial charge is 0.239 e. The lowest BCUT2D eigenvalue weighted by Crippen LogP contribution is -1.96. The molecule has 15 heavy (non-hydrogen) atoms. The molecule has 2 aromatic rings. The molecule has 1 aliphatic carbocycles. The predicted molar refractivity (Wildman–Crippen MR) is 60.8 cm³/mol. The lowest BCUT2D eigenvalue weighted by molar-refractivity contribution is 0.697. The Morgan fingerprint density at radius 1 is 1.33 bits per heavy atom. The number of hydrogen-bond acceptors (Lipinski definition) is 4. The first kappa shape index (κ1) is 8.91. The Labute approximate surface area is 91.5 Å². The van der Waals surface area contributed by atoms with E-state index in [4.69, 9.17) is 5.73 Å². The van der Waals surface area contributed by atoms with Crippen LogP contribution in [0.2, 0.25) is 0 Å². The molecule has 3 rings (SSSR count). The number of fused-ring (bicyclic) bond motifs is 1. The molecule has 0 aromatic carbocycles. The number of aromatic amines is 1. The highest BCUT2D eigenvalue weighted by molar-refractivity contribution is 7.15. The van der Waals surface area contributed by atoms with Gasteiger partial charge in [0.05, 0.1) is 4.88 Å². The Kier molecular flexibility index (Phi) is 1.98. The Morgan fingerprint density at radius 3 is 2.93 bits per heavy atom. The number of nitrogens with one attached hydrogen (secondary N) is 1. The van der Waals surface area contributed by atoms with Crippen LogP contribution in [0.4, 0.5) is 5.95 Å². The number of nitrogens with two attached hydrogens (primary N) is 1. The van der Waals surface area contributed by atoms with Crippen LogP contribution in [0.3, 0.4) is 0 Å². The molecule has 2 aromatic heterocycles. The Bertz CT molecular complexity index is 462. The van der Waals surface area contributed by atoms with Crippen LogP contribution in [0.1, 0.15) is 23.3 Å². The third kappa shape index (κ3) is 1.52. The summed E-state index contributed by atoms with van der Waals surface area (Å²) in [5.74, 6) is 1.11. The fourth-order valence-corrected chi connectivity index (χ4v) is 3.19. The molecule has 0 atom stereocenters. The summed E-state index contributed by atoms with van der Waals surface area (Å²) in [7, 11) is 0. The number of nitrogen functional groups attached to an aromatic ring is 1. The lowest BCUT2D eigenvalue weighted by atomic mass is 9.99. The van der Waals surface area contributed by atoms with Crippen molar-refractivity contribution in [3.8, 4) is 10.7 Å². The number of nitrogens with zero attached hydrogens (tertiary/aromatic N) is 2. The van der Waals surface area contributed by atoms with E-state index in [9.17, 15) is 0 Å². The van der Waals surface area contributed by atoms with Gasteiger partial charge in [-0.1, -0.05) is 0 Å². The zero-order valence-corrected chi connectivity index (χ0v) is 9.10. The molecular weight excluding hydrogens is 208 g/mol. The van der Waals surface area contributed by atoms with Gasteiger partial charge in [0.25, 0.3) is 0 Å². The monoisotopic (exact) mass is 220 g/mol. The standard InChI is InChI=1S/C10H12N4S/c11-10-12-9(13-14-10)8-5-6-3-1-2-4-7(6)15-8/h5H,1-4H2,(H3,11,12,13,14). The van der Waals surface area contributed by atoms with E-state index in [1.165, 1.54) is 36.1 Å². The van der Waals surface area contributed by atoms with Crippen LogP contribution in [0, 0.1) is 0 Å². The molecular formula is C10H12N4S. The van der Waals surface area contributed by atoms with Crippen molar-refractivity contribution in [2.24, 2.45) is 0 Å². The van der Waals surface area contributed by atoms with Crippen molar-refractivity contribution in [1.82, 2.24) is 15.2 Å². The first-order valence-electron chi connectivity index (χ1n) is 5.13. The SMILES string of the molecule is Nc1n[nH]c(-c2cc3c(s2)CCCC3)n1. The normalized spacial score (nSPS) is 15.2. The highest BCUT2D eigenvalue weighted by Gasteiger charge is 2.15. The van der Waals surface area contributed by atoms with E-state index in [1.807, 2.05) is 11.3 Å². The van der Waals surface area contributed by atoms with Gasteiger partial charge in [-0.05, 0) is 37.3 Å². The molecule has 0 saturated carbocycles. The third-order valence-electron chi connectivity index (χ3n) is 2.73. The van der Waals surface area contributed by atoms with E-state index >= 15 is 0 Å². The molecule has 3 N–H and O–H groups in total. The molecule has 0 bridgehead atoms. The number of rotatable bonds is 1. The molecule has 1 aliphatic rings. The Hall–Kier alpha value is -1.36. The van der Waals surface area contributed by atoms with Crippen molar-refractivity contribution >= 4 is 17.3 Å². The van der Waals surface area contributed by atoms with Crippen LogP contribution in [-0.2, 0) is 12.8 Å². The second-order valence-corrected chi connectivity index (χ2v) is 4.95. The van der Waals surface area contributed by atoms with Gasteiger partial charge in [-0.25, -0.2) is 0 Å². The first-order chi connectivity index (χ1) is 7.33. The number of hydrogen-bond donors (Lipinski definition) is 2. The number of anilines is 1. The van der Waals surface area contributed by atoms with Crippen LogP contribution in [-0.4, -0.2) is 15.2 Å². The van der Waals surface area contributed by atoms with Gasteiger partial charge in [-0.15, -0.1) is 16.4 Å². The Balaban J connectivity index is 2.02. The predicted octanol–water partition coefficient (Wildman–Crippen LogP) is 1.99. The van der Waals surface area contributed by atoms with Crippen molar-refractivity contribution in [2.75, 3.05) is 5.73 Å². The van der Waals surface area contributed by atoms with Crippen LogP contribution >= 0.6 is 11.3 Å². The zero-order chi connectivity index (χ0) is 10.3. The van der Waals surface area contributed by atoms with Crippen LogP contribution in [0.5, 0.6) is 0 Å². The van der Waals surface area contributed by atoms with Gasteiger partial charge < -0.3 is 5.73 Å². The molecule has 0 aliphatic heterocycles. The largest absolute Gasteiger partial charge is 0.366 e. The summed E-state index contributed by atoms with van der Waals surface area (Å²) in [6, 6.07) is 2.22. The third-order valence-corrected chi connectivity index (χ3v) is 3.98. The van der Waals surface area contributed by atoms with E-state index in [-0.39, 0.29) is 0 Å². The van der Waals surface area contributed by atoms with Gasteiger partial charge in [0.2, 0.25) is 5.95 Å². The number of H-pyrrole nitrogens is 1. The second kappa shape index (κ2) is 3.34. The summed E-state index contributed by atoms with van der Waals surface area (Å²) in [5.41, 5.74) is 6.97. The quantitative estimate of drug-likeness (QED) is 0.772. The van der Waals surface area contributed by atoms with Gasteiger partial charge in [-0.3, -0.25) is 5.10 Å². The van der Waals surface area contributed by atoms with E-state index < -0.39 is 0 Å². The van der Waals surface area contributed by atoms with Crippen LogP contribution < -0.4 is 5.73 Å². The summed E-state index contributed by atoms with van der Waals surface area (Å²) in [6.45, 7) is 0. The van der Waals surface area contributed by atoms with Crippen molar-refractivity contribution in [3.63, 3.8) is 0 Å². The number of aromatic nitrogens is 3. The highest BCUT2D eigenvalue weighted by atomic mass is 32.1. The van der Waals surface area contributed by atoms with Gasteiger partial charge >= 0.3 is 0 Å². The molecule has 78 valence electrons. The molecule has 0 radical (unpaired) electrons. The fourth-order valence-electron chi connectivity index (χ4n) is 1.99. The lowest BCUT2D eigenvalue weighted by Gasteiger charge is -2.08. The highest BCUT2D eigenvalue weighted by Crippen LogP contribution is 2.34. The van der Waals surface area contributed by atoms with Crippen molar-refractivity contribution in [1.29, 1.82) is 0 Å². The number of aryl methyl sites for hydroxylation is 2. The number of thiophene rings is 1. The summed E-state index contributed by atoms with van der Waals surface area (Å²) in [6.07, 6.45) is 5.03. The second-order valence-electron chi connectivity index (χ2n) is 3.81. The molecule has 0 fully saturated rings. The topological polar surface area (TPSA) is 67.6 Å². The summed E-state index contributed by atoms with van der Waals surface area (Å²) < 4.78 is 0. The maximum Gasteiger partial charge on any atom is 0.239 e. The fraction of sp³-hybridized carbons (Fsp3) is 0.400. The minimum atomic E-state index is 0.316. The van der Waals surface area contributed by atoms with Crippen LogP contribution in [0.25, 0.3) is 10.7 Å². The average Bonchev–Trinajstić information content (AvgIpc) is 2.82. The molecule has 5 heteroatoms. The van der Waals surface area contributed by atoms with Crippen molar-refractivity contribution in [3.05, 3.63) is 16.5 Å². The molecule has 4 nitrogen and oxygen atoms in total. The maximum atomic E-state index is 5.49. The van der Waals surface area contributed by atoms with E-state index in [0.717, 1.165) is 10.7 Å². The summed E-state index contributed by atoms with van der Waals surface area (Å²) in [5, 5.41) is 6.70. The Morgan fingerprint density at radius 2 is 2.20 bits per heavy atom. The van der Waals surface area contributed by atoms with Crippen molar-refractivity contribution in [2.45, 2.75) is 25.7 Å². The maximum absolute atomic E-state index is 5.49. The molecule has 0 unspecified atom stereocenters. The summed E-state index contributed by atoms with van der Waals surface area (Å²) >= 11 is 1.81. The van der Waals surface area contributed by atoms with E-state index in [1.54, 1.807) is 0 Å². The van der Waals surface area contributed by atoms with Crippen molar-refractivity contribution < 1.29 is 0 Å². The first-order valence-corrected chi connectivity index (χ1v) is 5.94. The van der Waals surface area contributed by atoms with Gasteiger partial charge in [0.1, 0.15) is 0 Å². The average molecular weight is 220 g/mol. The minimum absolute atomic E-state index is 0.316. The minimum Gasteiger partial charge on any atom is -0.366 e. The zero-order valence-electron chi connectivity index (χ0n) is 8.29. The molecule has 0 spiro atoms. The van der Waals surface area contributed by atoms with Gasteiger partial charge in [0, 0.05) is 4.88 Å². The molecule has 0 saturated heterocycles. The van der Waals surface area contributed by atoms with Crippen LogP contribution in [0.15, 0.2) is 6.07 Å². The van der Waals surface area contributed by atoms with E-state index in [0.29, 0.717) is 5.95 Å². The molecule has 2 heterocycles.